The van der Waals surface area contributed by atoms with E-state index in [2.05, 4.69) is 21.6 Å². The fraction of sp³-hybridized carbons (Fsp3) is 0.632. The van der Waals surface area contributed by atoms with E-state index in [9.17, 15) is 9.90 Å². The molecular weight excluding hydrogens is 338 g/mol. The molecule has 2 saturated heterocycles. The third kappa shape index (κ3) is 3.14. The van der Waals surface area contributed by atoms with E-state index in [0.717, 1.165) is 69.1 Å². The molecule has 1 aromatic carbocycles. The monoisotopic (exact) mass is 363 g/mol. The number of carboxylic acid groups (broad SMARTS) is 1. The maximum Gasteiger partial charge on any atom is 0.321 e. The third-order valence-corrected chi connectivity index (χ3v) is 6.64. The maximum atomic E-state index is 12.0. The largest absolute Gasteiger partial charge is 0.480 e. The van der Waals surface area contributed by atoms with Gasteiger partial charge in [0.15, 0.2) is 0 Å². The van der Waals surface area contributed by atoms with Gasteiger partial charge in [0.05, 0.1) is 0 Å². The van der Waals surface area contributed by atoms with Gasteiger partial charge in [-0.1, -0.05) is 17.7 Å². The smallest absolute Gasteiger partial charge is 0.321 e. The molecule has 0 aromatic heterocycles. The molecule has 1 spiro atoms. The average Bonchev–Trinajstić information content (AvgIpc) is 2.95. The van der Waals surface area contributed by atoms with Crippen LogP contribution in [0, 0.1) is 5.92 Å². The van der Waals surface area contributed by atoms with Crippen LogP contribution in [-0.2, 0) is 10.2 Å². The zero-order valence-corrected chi connectivity index (χ0v) is 15.2. The summed E-state index contributed by atoms with van der Waals surface area (Å²) in [7, 11) is 0. The van der Waals surface area contributed by atoms with Crippen LogP contribution < -0.4 is 10.6 Å². The van der Waals surface area contributed by atoms with Gasteiger partial charge in [0.25, 0.3) is 0 Å². The molecule has 0 radical (unpaired) electrons. The van der Waals surface area contributed by atoms with Crippen molar-refractivity contribution in [2.75, 3.05) is 38.0 Å². The van der Waals surface area contributed by atoms with Crippen LogP contribution in [0.25, 0.3) is 0 Å². The number of carbonyl (C=O) groups is 1. The molecule has 0 amide bonds. The molecule has 6 heteroatoms. The lowest BCUT2D eigenvalue weighted by Gasteiger charge is -2.44. The minimum atomic E-state index is -0.653. The Morgan fingerprint density at radius 3 is 2.68 bits per heavy atom. The number of aliphatic carboxylic acids is 1. The number of nitrogens with one attached hydrogen (secondary N) is 2. The predicted octanol–water partition coefficient (Wildman–Crippen LogP) is 2.55. The first-order chi connectivity index (χ1) is 12.1. The topological polar surface area (TPSA) is 64.6 Å². The maximum absolute atomic E-state index is 12.0. The zero-order valence-electron chi connectivity index (χ0n) is 14.4. The van der Waals surface area contributed by atoms with Gasteiger partial charge < -0.3 is 15.7 Å². The van der Waals surface area contributed by atoms with E-state index in [-0.39, 0.29) is 17.4 Å². The lowest BCUT2D eigenvalue weighted by Crippen LogP contribution is -2.54. The molecule has 5 nitrogen and oxygen atoms in total. The summed E-state index contributed by atoms with van der Waals surface area (Å²) in [4.78, 5) is 14.2. The number of benzene rings is 1. The van der Waals surface area contributed by atoms with E-state index in [1.165, 1.54) is 5.56 Å². The molecule has 0 saturated carbocycles. The lowest BCUT2D eigenvalue weighted by molar-refractivity contribution is -0.147. The van der Waals surface area contributed by atoms with Gasteiger partial charge in [-0.25, -0.2) is 0 Å². The zero-order chi connectivity index (χ0) is 17.4. The van der Waals surface area contributed by atoms with Gasteiger partial charge in [-0.05, 0) is 75.5 Å². The molecule has 3 heterocycles. The summed E-state index contributed by atoms with van der Waals surface area (Å²) in [6.07, 6.45) is 3.93. The first-order valence-electron chi connectivity index (χ1n) is 9.31. The molecule has 1 unspecified atom stereocenters. The number of halogens is 1. The molecular formula is C19H26ClN3O2. The van der Waals surface area contributed by atoms with Crippen molar-refractivity contribution in [2.45, 2.75) is 37.1 Å². The van der Waals surface area contributed by atoms with Gasteiger partial charge in [-0.15, -0.1) is 0 Å². The van der Waals surface area contributed by atoms with Crippen molar-refractivity contribution < 1.29 is 9.90 Å². The van der Waals surface area contributed by atoms with E-state index in [1.807, 2.05) is 12.1 Å². The Morgan fingerprint density at radius 2 is 2.00 bits per heavy atom. The number of nitrogens with zero attached hydrogens (tertiary/aromatic N) is 1. The number of likely N-dealkylation sites (tertiary alicyclic amines) is 1. The second-order valence-corrected chi connectivity index (χ2v) is 8.17. The summed E-state index contributed by atoms with van der Waals surface area (Å²) in [6.45, 7) is 4.51. The molecule has 3 aliphatic heterocycles. The van der Waals surface area contributed by atoms with Crippen molar-refractivity contribution in [2.24, 2.45) is 5.92 Å². The van der Waals surface area contributed by atoms with Crippen LogP contribution in [0.1, 0.15) is 31.2 Å². The normalized spacial score (nSPS) is 24.7. The standard InChI is InChI=1S/C19H26ClN3O2/c20-14-1-2-15-16(11-14)22-12-19(15)5-9-23(10-6-19)17(18(24)25)13-3-7-21-8-4-13/h1-2,11,13,17,21-22H,3-10,12H2,(H,24,25). The lowest BCUT2D eigenvalue weighted by atomic mass is 9.73. The summed E-state index contributed by atoms with van der Waals surface area (Å²) in [6, 6.07) is 5.79. The molecule has 1 aromatic rings. The minimum absolute atomic E-state index is 0.133. The van der Waals surface area contributed by atoms with E-state index in [1.54, 1.807) is 0 Å². The van der Waals surface area contributed by atoms with Gasteiger partial charge >= 0.3 is 5.97 Å². The summed E-state index contributed by atoms with van der Waals surface area (Å²) in [5, 5.41) is 17.4. The average molecular weight is 364 g/mol. The van der Waals surface area contributed by atoms with Crippen molar-refractivity contribution in [1.29, 1.82) is 0 Å². The highest BCUT2D eigenvalue weighted by atomic mass is 35.5. The Morgan fingerprint density at radius 1 is 1.28 bits per heavy atom. The fourth-order valence-electron chi connectivity index (χ4n) is 4.98. The van der Waals surface area contributed by atoms with E-state index < -0.39 is 5.97 Å². The number of rotatable bonds is 3. The van der Waals surface area contributed by atoms with Crippen LogP contribution in [0.3, 0.4) is 0 Å². The van der Waals surface area contributed by atoms with Crippen LogP contribution in [0.15, 0.2) is 18.2 Å². The molecule has 0 bridgehead atoms. The molecule has 4 rings (SSSR count). The summed E-state index contributed by atoms with van der Waals surface area (Å²) in [5.74, 6) is -0.389. The Kier molecular flexibility index (Phi) is 4.65. The van der Waals surface area contributed by atoms with Crippen molar-refractivity contribution in [1.82, 2.24) is 10.2 Å². The predicted molar refractivity (Wildman–Crippen MR) is 99.4 cm³/mol. The highest BCUT2D eigenvalue weighted by Crippen LogP contribution is 2.45. The highest BCUT2D eigenvalue weighted by Gasteiger charge is 2.44. The number of fused-ring (bicyclic) bond motifs is 2. The minimum Gasteiger partial charge on any atom is -0.480 e. The Hall–Kier alpha value is -1.30. The third-order valence-electron chi connectivity index (χ3n) is 6.40. The molecule has 3 N–H and O–H groups in total. The van der Waals surface area contributed by atoms with E-state index in [4.69, 9.17) is 11.6 Å². The second-order valence-electron chi connectivity index (χ2n) is 7.73. The quantitative estimate of drug-likeness (QED) is 0.770. The van der Waals surface area contributed by atoms with Crippen LogP contribution in [0.4, 0.5) is 5.69 Å². The van der Waals surface area contributed by atoms with Gasteiger partial charge in [-0.2, -0.15) is 0 Å². The summed E-state index contributed by atoms with van der Waals surface area (Å²) < 4.78 is 0. The van der Waals surface area contributed by atoms with Crippen LogP contribution in [0.5, 0.6) is 0 Å². The second kappa shape index (κ2) is 6.78. The fourth-order valence-corrected chi connectivity index (χ4v) is 5.15. The van der Waals surface area contributed by atoms with Crippen molar-refractivity contribution in [3.8, 4) is 0 Å². The Bertz CT molecular complexity index is 652. The van der Waals surface area contributed by atoms with Crippen LogP contribution >= 0.6 is 11.6 Å². The highest BCUT2D eigenvalue weighted by molar-refractivity contribution is 6.30. The molecule has 2 fully saturated rings. The Labute approximate surface area is 153 Å². The summed E-state index contributed by atoms with van der Waals surface area (Å²) in [5.41, 5.74) is 2.63. The van der Waals surface area contributed by atoms with Crippen LogP contribution in [0.2, 0.25) is 5.02 Å². The van der Waals surface area contributed by atoms with Gasteiger partial charge in [0.1, 0.15) is 6.04 Å². The summed E-state index contributed by atoms with van der Waals surface area (Å²) >= 11 is 6.12. The van der Waals surface area contributed by atoms with Gasteiger partial charge in [0, 0.05) is 22.7 Å². The molecule has 0 aliphatic carbocycles. The van der Waals surface area contributed by atoms with Gasteiger partial charge in [0.2, 0.25) is 0 Å². The number of carboxylic acids is 1. The van der Waals surface area contributed by atoms with Crippen molar-refractivity contribution >= 4 is 23.3 Å². The number of anilines is 1. The number of hydrogen-bond acceptors (Lipinski definition) is 4. The molecule has 25 heavy (non-hydrogen) atoms. The number of hydrogen-bond donors (Lipinski definition) is 3. The molecule has 3 aliphatic rings. The van der Waals surface area contributed by atoms with Crippen LogP contribution in [-0.4, -0.2) is 54.7 Å². The molecule has 1 atom stereocenters. The van der Waals surface area contributed by atoms with Gasteiger partial charge in [-0.3, -0.25) is 9.69 Å². The first-order valence-corrected chi connectivity index (χ1v) is 9.68. The number of piperidine rings is 2. The van der Waals surface area contributed by atoms with Crippen molar-refractivity contribution in [3.05, 3.63) is 28.8 Å². The Balaban J connectivity index is 1.49. The first kappa shape index (κ1) is 17.1. The van der Waals surface area contributed by atoms with Crippen molar-refractivity contribution in [3.63, 3.8) is 0 Å². The molecule has 136 valence electrons. The SMILES string of the molecule is O=C(O)C(C1CCNCC1)N1CCC2(CC1)CNc1cc(Cl)ccc12. The van der Waals surface area contributed by atoms with E-state index >= 15 is 0 Å². The van der Waals surface area contributed by atoms with E-state index in [0.29, 0.717) is 0 Å².